The fraction of sp³-hybridized carbons (Fsp3) is 0.0339. The molecule has 0 saturated carbocycles. The van der Waals surface area contributed by atoms with Crippen LogP contribution < -0.4 is 0 Å². The number of pyridine rings is 1. The van der Waals surface area contributed by atoms with Crippen molar-refractivity contribution < 1.29 is 0 Å². The van der Waals surface area contributed by atoms with Crippen LogP contribution in [0.3, 0.4) is 0 Å². The molecule has 2 aliphatic carbocycles. The molecule has 1 heteroatoms. The number of aromatic nitrogens is 1. The molecule has 0 amide bonds. The van der Waals surface area contributed by atoms with Crippen molar-refractivity contribution in [3.05, 3.63) is 200 Å². The molecule has 1 aromatic heterocycles. The fourth-order valence-corrected chi connectivity index (χ4v) is 10.2. The molecule has 0 atom stereocenters. The maximum absolute atomic E-state index is 4.21. The number of nitrogens with zero attached hydrogens (tertiary/aromatic N) is 1. The summed E-state index contributed by atoms with van der Waals surface area (Å²) in [6.45, 7) is 4.00. The standard InChI is InChI=1S/C57H33N.C2H6/c1-3-9-48-46(7-1)52-13-5-11-50-44(21-23-54(48)56(50)52)40-31-39(32-41(33-40)45-22-24-55-49-10-4-2-8-47(49)53-14-6-12-51(45)57(53)55)36-18-20-43-38(30-36)16-15-37-29-35(17-19-42(37)43)34-25-27-58-28-26-34;1-2/h1-33H;1-2H3. The highest BCUT2D eigenvalue weighted by atomic mass is 14.6. The van der Waals surface area contributed by atoms with Gasteiger partial charge in [0.1, 0.15) is 0 Å². The molecule has 2 aliphatic rings. The monoisotopic (exact) mass is 761 g/mol. The van der Waals surface area contributed by atoms with Crippen molar-refractivity contribution in [1.29, 1.82) is 0 Å². The van der Waals surface area contributed by atoms with Crippen molar-refractivity contribution in [2.45, 2.75) is 13.8 Å². The first kappa shape index (κ1) is 34.4. The average Bonchev–Trinajstić information content (AvgIpc) is 3.84. The van der Waals surface area contributed by atoms with Crippen molar-refractivity contribution in [1.82, 2.24) is 4.98 Å². The minimum atomic E-state index is 1.18. The quantitative estimate of drug-likeness (QED) is 0.163. The summed E-state index contributed by atoms with van der Waals surface area (Å²) in [6.07, 6.45) is 3.71. The molecule has 0 N–H and O–H groups in total. The lowest BCUT2D eigenvalue weighted by Gasteiger charge is -2.16. The second-order valence-electron chi connectivity index (χ2n) is 15.8. The first-order chi connectivity index (χ1) is 29.7. The van der Waals surface area contributed by atoms with E-state index in [9.17, 15) is 0 Å². The van der Waals surface area contributed by atoms with Crippen LogP contribution in [-0.4, -0.2) is 4.98 Å². The van der Waals surface area contributed by atoms with Gasteiger partial charge < -0.3 is 0 Å². The van der Waals surface area contributed by atoms with Gasteiger partial charge in [0.15, 0.2) is 0 Å². The molecule has 0 fully saturated rings. The molecular formula is C59H39N. The summed E-state index contributed by atoms with van der Waals surface area (Å²) in [5.41, 5.74) is 20.3. The third-order valence-electron chi connectivity index (χ3n) is 12.8. The lowest BCUT2D eigenvalue weighted by Crippen LogP contribution is -1.90. The highest BCUT2D eigenvalue weighted by Crippen LogP contribution is 2.52. The molecular weight excluding hydrogens is 723 g/mol. The first-order valence-corrected chi connectivity index (χ1v) is 21.1. The second kappa shape index (κ2) is 13.5. The Kier molecular flexibility index (Phi) is 7.74. The summed E-state index contributed by atoms with van der Waals surface area (Å²) in [4.78, 5) is 4.21. The van der Waals surface area contributed by atoms with Gasteiger partial charge in [-0.2, -0.15) is 0 Å². The molecule has 60 heavy (non-hydrogen) atoms. The molecule has 0 aliphatic heterocycles. The van der Waals surface area contributed by atoms with E-state index in [2.05, 4.69) is 193 Å². The predicted molar refractivity (Wildman–Crippen MR) is 256 cm³/mol. The zero-order valence-electron chi connectivity index (χ0n) is 33.5. The van der Waals surface area contributed by atoms with Crippen LogP contribution in [0.2, 0.25) is 0 Å². The molecule has 13 rings (SSSR count). The molecule has 1 nitrogen and oxygen atoms in total. The SMILES string of the molecule is CC.c1ccc2c(c1)-c1cccc3c(-c4cc(-c5ccc6c(ccc7cc(-c8ccncc8)ccc76)c5)cc(-c5ccc6c7c(cccc57)-c5ccccc5-6)c4)ccc-2c13. The Labute approximate surface area is 349 Å². The smallest absolute Gasteiger partial charge is 0.0273 e. The van der Waals surface area contributed by atoms with E-state index in [0.29, 0.717) is 0 Å². The third-order valence-corrected chi connectivity index (χ3v) is 12.8. The van der Waals surface area contributed by atoms with Gasteiger partial charge in [-0.25, -0.2) is 0 Å². The van der Waals surface area contributed by atoms with E-state index in [1.165, 1.54) is 132 Å². The number of rotatable bonds is 4. The molecule has 1 heterocycles. The van der Waals surface area contributed by atoms with Crippen molar-refractivity contribution in [2.24, 2.45) is 0 Å². The van der Waals surface area contributed by atoms with E-state index in [-0.39, 0.29) is 0 Å². The van der Waals surface area contributed by atoms with E-state index in [4.69, 9.17) is 0 Å². The van der Waals surface area contributed by atoms with Crippen LogP contribution in [0.25, 0.3) is 132 Å². The van der Waals surface area contributed by atoms with Crippen LogP contribution in [0.5, 0.6) is 0 Å². The molecule has 0 radical (unpaired) electrons. The summed E-state index contributed by atoms with van der Waals surface area (Å²) < 4.78 is 0. The number of hydrogen-bond donors (Lipinski definition) is 0. The van der Waals surface area contributed by atoms with Crippen LogP contribution in [0.15, 0.2) is 200 Å². The molecule has 0 spiro atoms. The van der Waals surface area contributed by atoms with E-state index in [1.807, 2.05) is 26.2 Å². The minimum absolute atomic E-state index is 1.18. The van der Waals surface area contributed by atoms with Gasteiger partial charge in [0, 0.05) is 12.4 Å². The van der Waals surface area contributed by atoms with Crippen molar-refractivity contribution in [2.75, 3.05) is 0 Å². The van der Waals surface area contributed by atoms with Crippen molar-refractivity contribution in [3.63, 3.8) is 0 Å². The first-order valence-electron chi connectivity index (χ1n) is 21.1. The molecule has 280 valence electrons. The molecule has 0 saturated heterocycles. The van der Waals surface area contributed by atoms with Gasteiger partial charge in [-0.3, -0.25) is 4.98 Å². The maximum Gasteiger partial charge on any atom is 0.0273 e. The van der Waals surface area contributed by atoms with Crippen LogP contribution in [-0.2, 0) is 0 Å². The molecule has 11 aromatic rings. The average molecular weight is 762 g/mol. The molecule has 10 aromatic carbocycles. The Bertz CT molecular complexity index is 3340. The number of fused-ring (bicyclic) bond motifs is 9. The van der Waals surface area contributed by atoms with E-state index in [0.717, 1.165) is 0 Å². The third kappa shape index (κ3) is 5.09. The molecule has 0 unspecified atom stereocenters. The van der Waals surface area contributed by atoms with Crippen LogP contribution in [0.1, 0.15) is 13.8 Å². The highest BCUT2D eigenvalue weighted by molar-refractivity contribution is 6.21. The largest absolute Gasteiger partial charge is 0.265 e. The second-order valence-corrected chi connectivity index (χ2v) is 15.8. The van der Waals surface area contributed by atoms with Gasteiger partial charge in [-0.05, 0) is 175 Å². The predicted octanol–water partition coefficient (Wildman–Crippen LogP) is 16.7. The van der Waals surface area contributed by atoms with Gasteiger partial charge >= 0.3 is 0 Å². The zero-order valence-corrected chi connectivity index (χ0v) is 33.5. The van der Waals surface area contributed by atoms with Crippen molar-refractivity contribution >= 4 is 43.1 Å². The minimum Gasteiger partial charge on any atom is -0.265 e. The summed E-state index contributed by atoms with van der Waals surface area (Å²) in [5, 5.41) is 10.3. The van der Waals surface area contributed by atoms with Gasteiger partial charge in [0.05, 0.1) is 0 Å². The van der Waals surface area contributed by atoms with E-state index in [1.54, 1.807) is 0 Å². The highest BCUT2D eigenvalue weighted by Gasteiger charge is 2.25. The normalized spacial score (nSPS) is 11.8. The summed E-state index contributed by atoms with van der Waals surface area (Å²) in [5.74, 6) is 0. The van der Waals surface area contributed by atoms with Crippen LogP contribution in [0, 0.1) is 0 Å². The van der Waals surface area contributed by atoms with E-state index < -0.39 is 0 Å². The summed E-state index contributed by atoms with van der Waals surface area (Å²) in [6, 6.07) is 70.5. The van der Waals surface area contributed by atoms with E-state index >= 15 is 0 Å². The van der Waals surface area contributed by atoms with Gasteiger partial charge in [0.2, 0.25) is 0 Å². The van der Waals surface area contributed by atoms with Gasteiger partial charge in [-0.15, -0.1) is 0 Å². The molecule has 0 bridgehead atoms. The number of hydrogen-bond acceptors (Lipinski definition) is 1. The number of benzene rings is 10. The van der Waals surface area contributed by atoms with Crippen LogP contribution in [0.4, 0.5) is 0 Å². The summed E-state index contributed by atoms with van der Waals surface area (Å²) >= 11 is 0. The maximum atomic E-state index is 4.21. The Hall–Kier alpha value is -7.61. The Morgan fingerprint density at radius 2 is 0.650 bits per heavy atom. The fourth-order valence-electron chi connectivity index (χ4n) is 10.2. The van der Waals surface area contributed by atoms with Crippen LogP contribution >= 0.6 is 0 Å². The van der Waals surface area contributed by atoms with Gasteiger partial charge in [0.25, 0.3) is 0 Å². The zero-order chi connectivity index (χ0) is 39.9. The lowest BCUT2D eigenvalue weighted by atomic mass is 9.87. The lowest BCUT2D eigenvalue weighted by molar-refractivity contribution is 1.33. The Balaban J connectivity index is 0.00000191. The Morgan fingerprint density at radius 3 is 1.13 bits per heavy atom. The summed E-state index contributed by atoms with van der Waals surface area (Å²) in [7, 11) is 0. The van der Waals surface area contributed by atoms with Gasteiger partial charge in [-0.1, -0.05) is 159 Å². The Morgan fingerprint density at radius 1 is 0.250 bits per heavy atom. The van der Waals surface area contributed by atoms with Crippen molar-refractivity contribution in [3.8, 4) is 89.0 Å². The topological polar surface area (TPSA) is 12.9 Å².